The molecule has 0 radical (unpaired) electrons. The molecule has 2 unspecified atom stereocenters. The Hall–Kier alpha value is -1.42. The van der Waals surface area contributed by atoms with Gasteiger partial charge in [-0.1, -0.05) is 19.1 Å². The lowest BCUT2D eigenvalue weighted by molar-refractivity contribution is -0.134. The summed E-state index contributed by atoms with van der Waals surface area (Å²) in [5.41, 5.74) is 0.839. The van der Waals surface area contributed by atoms with Gasteiger partial charge in [0.2, 0.25) is 5.91 Å². The number of amides is 1. The summed E-state index contributed by atoms with van der Waals surface area (Å²) < 4.78 is 13.1. The highest BCUT2D eigenvalue weighted by Crippen LogP contribution is 2.22. The fourth-order valence-electron chi connectivity index (χ4n) is 2.50. The van der Waals surface area contributed by atoms with Crippen LogP contribution < -0.4 is 0 Å². The molecule has 1 fully saturated rings. The van der Waals surface area contributed by atoms with E-state index in [4.69, 9.17) is 0 Å². The Morgan fingerprint density at radius 2 is 2.37 bits per heavy atom. The molecule has 104 valence electrons. The molecule has 1 aliphatic rings. The molecule has 2 atom stereocenters. The van der Waals surface area contributed by atoms with Crippen molar-refractivity contribution in [3.05, 3.63) is 35.6 Å². The third kappa shape index (κ3) is 3.77. The third-order valence-electron chi connectivity index (χ3n) is 3.65. The number of hydrogen-bond donors (Lipinski definition) is 1. The lowest BCUT2D eigenvalue weighted by Gasteiger charge is -2.31. The zero-order chi connectivity index (χ0) is 13.8. The van der Waals surface area contributed by atoms with Crippen molar-refractivity contribution >= 4 is 5.91 Å². The lowest BCUT2D eigenvalue weighted by Crippen LogP contribution is -2.42. The number of rotatable bonds is 3. The number of aliphatic hydroxyl groups is 1. The van der Waals surface area contributed by atoms with Gasteiger partial charge in [0.1, 0.15) is 5.82 Å². The fourth-order valence-corrected chi connectivity index (χ4v) is 2.50. The van der Waals surface area contributed by atoms with E-state index in [0.717, 1.165) is 18.4 Å². The van der Waals surface area contributed by atoms with Crippen LogP contribution >= 0.6 is 0 Å². The number of likely N-dealkylation sites (tertiary alicyclic amines) is 1. The SMILES string of the molecule is CC(CC(=O)N1CCCC(O)C1)c1cccc(F)c1. The molecule has 0 bridgehead atoms. The van der Waals surface area contributed by atoms with Crippen molar-refractivity contribution in [3.8, 4) is 0 Å². The number of aliphatic hydroxyl groups excluding tert-OH is 1. The number of piperidine rings is 1. The summed E-state index contributed by atoms with van der Waals surface area (Å²) in [5, 5.41) is 9.57. The number of carbonyl (C=O) groups is 1. The second-order valence-electron chi connectivity index (χ2n) is 5.30. The van der Waals surface area contributed by atoms with Gasteiger partial charge in [-0.2, -0.15) is 0 Å². The van der Waals surface area contributed by atoms with E-state index >= 15 is 0 Å². The van der Waals surface area contributed by atoms with Crippen LogP contribution in [0.2, 0.25) is 0 Å². The predicted molar refractivity (Wildman–Crippen MR) is 71.3 cm³/mol. The monoisotopic (exact) mass is 265 g/mol. The van der Waals surface area contributed by atoms with Gasteiger partial charge in [0.05, 0.1) is 6.10 Å². The molecule has 1 aromatic rings. The minimum Gasteiger partial charge on any atom is -0.391 e. The van der Waals surface area contributed by atoms with Gasteiger partial charge < -0.3 is 10.0 Å². The van der Waals surface area contributed by atoms with Gasteiger partial charge in [-0.25, -0.2) is 4.39 Å². The predicted octanol–water partition coefficient (Wildman–Crippen LogP) is 2.30. The molecule has 2 rings (SSSR count). The van der Waals surface area contributed by atoms with Crippen LogP contribution in [0.3, 0.4) is 0 Å². The Morgan fingerprint density at radius 1 is 1.58 bits per heavy atom. The van der Waals surface area contributed by atoms with Gasteiger partial charge in [-0.05, 0) is 36.5 Å². The average molecular weight is 265 g/mol. The Kier molecular flexibility index (Phi) is 4.53. The summed E-state index contributed by atoms with van der Waals surface area (Å²) in [7, 11) is 0. The first-order valence-electron chi connectivity index (χ1n) is 6.77. The molecule has 1 aliphatic heterocycles. The fraction of sp³-hybridized carbons (Fsp3) is 0.533. The van der Waals surface area contributed by atoms with Crippen LogP contribution in [0.25, 0.3) is 0 Å². The molecule has 19 heavy (non-hydrogen) atoms. The molecule has 3 nitrogen and oxygen atoms in total. The van der Waals surface area contributed by atoms with Crippen molar-refractivity contribution < 1.29 is 14.3 Å². The highest BCUT2D eigenvalue weighted by atomic mass is 19.1. The first-order valence-corrected chi connectivity index (χ1v) is 6.77. The van der Waals surface area contributed by atoms with E-state index < -0.39 is 6.10 Å². The normalized spacial score (nSPS) is 21.2. The summed E-state index contributed by atoms with van der Waals surface area (Å²) in [4.78, 5) is 13.8. The Morgan fingerprint density at radius 3 is 3.05 bits per heavy atom. The standard InChI is InChI=1S/C15H20FNO2/c1-11(12-4-2-5-13(16)9-12)8-15(19)17-7-3-6-14(18)10-17/h2,4-5,9,11,14,18H,3,6-8,10H2,1H3. The van der Waals surface area contributed by atoms with Crippen LogP contribution in [0.15, 0.2) is 24.3 Å². The smallest absolute Gasteiger partial charge is 0.223 e. The first kappa shape index (κ1) is 14.0. The van der Waals surface area contributed by atoms with Crippen molar-refractivity contribution in [1.29, 1.82) is 0 Å². The van der Waals surface area contributed by atoms with Crippen LogP contribution in [-0.2, 0) is 4.79 Å². The molecule has 0 aromatic heterocycles. The number of benzene rings is 1. The maximum atomic E-state index is 13.1. The largest absolute Gasteiger partial charge is 0.391 e. The Balaban J connectivity index is 1.94. The minimum atomic E-state index is -0.401. The van der Waals surface area contributed by atoms with Gasteiger partial charge in [0.15, 0.2) is 0 Å². The molecule has 0 aliphatic carbocycles. The molecule has 1 aromatic carbocycles. The van der Waals surface area contributed by atoms with E-state index in [0.29, 0.717) is 19.5 Å². The number of β-amino-alcohol motifs (C(OH)–C–C–N with tert-alkyl or cyclic N) is 1. The molecule has 0 saturated carbocycles. The summed E-state index contributed by atoms with van der Waals surface area (Å²) in [6.45, 7) is 3.06. The van der Waals surface area contributed by atoms with Crippen molar-refractivity contribution in [1.82, 2.24) is 4.90 Å². The zero-order valence-electron chi connectivity index (χ0n) is 11.2. The molecular formula is C15H20FNO2. The number of halogens is 1. The van der Waals surface area contributed by atoms with Crippen LogP contribution in [-0.4, -0.2) is 35.1 Å². The first-order chi connectivity index (χ1) is 9.06. The minimum absolute atomic E-state index is 0.0118. The molecule has 4 heteroatoms. The van der Waals surface area contributed by atoms with Crippen molar-refractivity contribution in [2.75, 3.05) is 13.1 Å². The quantitative estimate of drug-likeness (QED) is 0.911. The number of carbonyl (C=O) groups excluding carboxylic acids is 1. The van der Waals surface area contributed by atoms with E-state index in [1.54, 1.807) is 11.0 Å². The number of nitrogens with zero attached hydrogens (tertiary/aromatic N) is 1. The lowest BCUT2D eigenvalue weighted by atomic mass is 9.96. The summed E-state index contributed by atoms with van der Waals surface area (Å²) in [6, 6.07) is 6.38. The molecular weight excluding hydrogens is 245 g/mol. The van der Waals surface area contributed by atoms with E-state index in [-0.39, 0.29) is 17.6 Å². The Bertz CT molecular complexity index is 450. The molecule has 0 spiro atoms. The van der Waals surface area contributed by atoms with Gasteiger partial charge in [-0.3, -0.25) is 4.79 Å². The summed E-state index contributed by atoms with van der Waals surface area (Å²) in [6.07, 6.45) is 1.57. The molecule has 1 saturated heterocycles. The molecule has 1 amide bonds. The van der Waals surface area contributed by atoms with Gasteiger partial charge >= 0.3 is 0 Å². The van der Waals surface area contributed by atoms with Crippen LogP contribution in [0.5, 0.6) is 0 Å². The van der Waals surface area contributed by atoms with Crippen LogP contribution in [0.4, 0.5) is 4.39 Å². The highest BCUT2D eigenvalue weighted by Gasteiger charge is 2.23. The van der Waals surface area contributed by atoms with Crippen molar-refractivity contribution in [2.24, 2.45) is 0 Å². The maximum absolute atomic E-state index is 13.1. The van der Waals surface area contributed by atoms with Gasteiger partial charge in [-0.15, -0.1) is 0 Å². The van der Waals surface area contributed by atoms with Crippen molar-refractivity contribution in [3.63, 3.8) is 0 Å². The maximum Gasteiger partial charge on any atom is 0.223 e. The van der Waals surface area contributed by atoms with Crippen molar-refractivity contribution in [2.45, 2.75) is 38.2 Å². The zero-order valence-corrected chi connectivity index (χ0v) is 11.2. The second kappa shape index (κ2) is 6.15. The van der Waals surface area contributed by atoms with E-state index in [1.807, 2.05) is 13.0 Å². The van der Waals surface area contributed by atoms with Crippen LogP contribution in [0.1, 0.15) is 37.7 Å². The number of hydrogen-bond acceptors (Lipinski definition) is 2. The third-order valence-corrected chi connectivity index (χ3v) is 3.65. The van der Waals surface area contributed by atoms with E-state index in [9.17, 15) is 14.3 Å². The second-order valence-corrected chi connectivity index (χ2v) is 5.30. The average Bonchev–Trinajstić information content (AvgIpc) is 2.38. The topological polar surface area (TPSA) is 40.5 Å². The van der Waals surface area contributed by atoms with Gasteiger partial charge in [0.25, 0.3) is 0 Å². The van der Waals surface area contributed by atoms with E-state index in [1.165, 1.54) is 12.1 Å². The molecule has 1 N–H and O–H groups in total. The van der Waals surface area contributed by atoms with Crippen LogP contribution in [0, 0.1) is 5.82 Å². The highest BCUT2D eigenvalue weighted by molar-refractivity contribution is 5.77. The molecule has 1 heterocycles. The summed E-state index contributed by atoms with van der Waals surface area (Å²) >= 11 is 0. The van der Waals surface area contributed by atoms with Gasteiger partial charge in [0, 0.05) is 19.5 Å². The Labute approximate surface area is 113 Å². The summed E-state index contributed by atoms with van der Waals surface area (Å²) in [5.74, 6) is -0.247. The van der Waals surface area contributed by atoms with E-state index in [2.05, 4.69) is 0 Å².